The molecule has 4 rings (SSSR count). The molecular formula is C31H52O4. The molecule has 0 spiro atoms. The van der Waals surface area contributed by atoms with Crippen molar-refractivity contribution in [3.8, 4) is 0 Å². The van der Waals surface area contributed by atoms with Gasteiger partial charge in [0, 0.05) is 5.41 Å². The van der Waals surface area contributed by atoms with Gasteiger partial charge in [-0.25, -0.2) is 0 Å². The van der Waals surface area contributed by atoms with Gasteiger partial charge < -0.3 is 9.47 Å². The Bertz CT molecular complexity index is 854. The molecule has 200 valence electrons. The third kappa shape index (κ3) is 4.17. The minimum absolute atomic E-state index is 0.00840. The van der Waals surface area contributed by atoms with Crippen LogP contribution in [0.2, 0.25) is 0 Å². The van der Waals surface area contributed by atoms with Gasteiger partial charge in [0.25, 0.3) is 0 Å². The Balaban J connectivity index is 1.35. The molecular weight excluding hydrogens is 436 g/mol. The Morgan fingerprint density at radius 1 is 0.943 bits per heavy atom. The van der Waals surface area contributed by atoms with Crippen molar-refractivity contribution in [2.24, 2.45) is 50.7 Å². The Labute approximate surface area is 214 Å². The summed E-state index contributed by atoms with van der Waals surface area (Å²) in [6, 6.07) is 0. The average molecular weight is 489 g/mol. The van der Waals surface area contributed by atoms with Crippen LogP contribution in [0.3, 0.4) is 0 Å². The number of hydrogen-bond donors (Lipinski definition) is 0. The van der Waals surface area contributed by atoms with Gasteiger partial charge >= 0.3 is 11.9 Å². The first-order chi connectivity index (χ1) is 16.0. The zero-order valence-corrected chi connectivity index (χ0v) is 24.3. The second-order valence-corrected chi connectivity index (χ2v) is 15.3. The number of carbonyl (C=O) groups is 2. The first kappa shape index (κ1) is 27.0. The molecule has 0 saturated heterocycles. The first-order valence-corrected chi connectivity index (χ1v) is 14.4. The van der Waals surface area contributed by atoms with Gasteiger partial charge in [0.15, 0.2) is 0 Å². The van der Waals surface area contributed by atoms with Crippen LogP contribution in [0.15, 0.2) is 0 Å². The van der Waals surface area contributed by atoms with E-state index in [1.165, 1.54) is 12.8 Å². The smallest absolute Gasteiger partial charge is 0.312 e. The van der Waals surface area contributed by atoms with Gasteiger partial charge in [0.05, 0.1) is 10.8 Å². The number of esters is 2. The molecule has 4 nitrogen and oxygen atoms in total. The van der Waals surface area contributed by atoms with Crippen LogP contribution in [-0.2, 0) is 19.1 Å². The van der Waals surface area contributed by atoms with E-state index in [-0.39, 0.29) is 35.0 Å². The van der Waals surface area contributed by atoms with Gasteiger partial charge in [-0.05, 0) is 107 Å². The Hall–Kier alpha value is -1.06. The summed E-state index contributed by atoms with van der Waals surface area (Å²) in [6.07, 6.45) is 7.75. The van der Waals surface area contributed by atoms with Gasteiger partial charge in [0.1, 0.15) is 12.2 Å². The van der Waals surface area contributed by atoms with Gasteiger partial charge in [0.2, 0.25) is 0 Å². The topological polar surface area (TPSA) is 52.6 Å². The van der Waals surface area contributed by atoms with Crippen molar-refractivity contribution in [3.63, 3.8) is 0 Å². The highest BCUT2D eigenvalue weighted by Crippen LogP contribution is 2.66. The molecule has 0 heterocycles. The Morgan fingerprint density at radius 3 is 2.09 bits per heavy atom. The van der Waals surface area contributed by atoms with Crippen molar-refractivity contribution in [2.75, 3.05) is 0 Å². The molecule has 0 amide bonds. The Morgan fingerprint density at radius 2 is 1.60 bits per heavy atom. The summed E-state index contributed by atoms with van der Waals surface area (Å²) in [5.41, 5.74) is -0.552. The average Bonchev–Trinajstić information content (AvgIpc) is 3.38. The molecule has 4 bridgehead atoms. The third-order valence-corrected chi connectivity index (χ3v) is 12.3. The minimum atomic E-state index is -0.622. The van der Waals surface area contributed by atoms with Crippen LogP contribution in [0.5, 0.6) is 0 Å². The van der Waals surface area contributed by atoms with Gasteiger partial charge in [-0.1, -0.05) is 48.5 Å². The molecule has 4 heteroatoms. The normalized spacial score (nSPS) is 40.5. The summed E-state index contributed by atoms with van der Waals surface area (Å²) in [4.78, 5) is 26.8. The van der Waals surface area contributed by atoms with Crippen molar-refractivity contribution in [1.82, 2.24) is 0 Å². The number of hydrogen-bond acceptors (Lipinski definition) is 4. The highest BCUT2D eigenvalue weighted by molar-refractivity contribution is 5.78. The number of rotatable bonds is 8. The number of ether oxygens (including phenoxy) is 2. The van der Waals surface area contributed by atoms with Crippen LogP contribution in [0, 0.1) is 50.7 Å². The monoisotopic (exact) mass is 488 g/mol. The largest absolute Gasteiger partial charge is 0.461 e. The molecule has 4 fully saturated rings. The van der Waals surface area contributed by atoms with Crippen LogP contribution in [0.4, 0.5) is 0 Å². The van der Waals surface area contributed by atoms with Crippen molar-refractivity contribution in [2.45, 2.75) is 133 Å². The summed E-state index contributed by atoms with van der Waals surface area (Å²) < 4.78 is 12.5. The van der Waals surface area contributed by atoms with E-state index in [1.54, 1.807) is 0 Å². The van der Waals surface area contributed by atoms with E-state index in [2.05, 4.69) is 48.5 Å². The molecule has 0 aliphatic heterocycles. The van der Waals surface area contributed by atoms with Crippen LogP contribution in [0.25, 0.3) is 0 Å². The van der Waals surface area contributed by atoms with Gasteiger partial charge in [-0.3, -0.25) is 9.59 Å². The van der Waals surface area contributed by atoms with E-state index < -0.39 is 10.8 Å². The summed E-state index contributed by atoms with van der Waals surface area (Å²) >= 11 is 0. The zero-order chi connectivity index (χ0) is 26.2. The zero-order valence-electron chi connectivity index (χ0n) is 24.3. The van der Waals surface area contributed by atoms with Crippen molar-refractivity contribution < 1.29 is 19.1 Å². The highest BCUT2D eigenvalue weighted by atomic mass is 16.6. The molecule has 0 aromatic carbocycles. The molecule has 0 aromatic heterocycles. The van der Waals surface area contributed by atoms with Crippen molar-refractivity contribution >= 4 is 11.9 Å². The standard InChI is InChI=1S/C31H52O4/c1-11-30(9,26(33)35-24-19(2)22-16-20(24)18-28(22,5)6)15-14-27(3,4)25(32)34-23-17-21-12-13-31(23,10)29(21,7)8/h19-24H,11-18H2,1-10H3/t19-,20-,21+,22-,23+,24?,30?,31?/m1/s1. The molecule has 0 aromatic rings. The van der Waals surface area contributed by atoms with E-state index in [0.717, 1.165) is 19.3 Å². The molecule has 4 saturated carbocycles. The fourth-order valence-electron chi connectivity index (χ4n) is 8.57. The van der Waals surface area contributed by atoms with E-state index >= 15 is 0 Å². The SMILES string of the molecule is CCC(C)(CCC(C)(C)C(=O)O[C@H]1C[C@@H]2CCC1(C)C2(C)C)C(=O)OC1[C@@H]2C[C@H]([C@H]1C)C(C)(C)C2. The first-order valence-electron chi connectivity index (χ1n) is 14.4. The predicted molar refractivity (Wildman–Crippen MR) is 140 cm³/mol. The maximum absolute atomic E-state index is 13.5. The Kier molecular flexibility index (Phi) is 6.54. The van der Waals surface area contributed by atoms with Crippen LogP contribution >= 0.6 is 0 Å². The predicted octanol–water partition coefficient (Wildman–Crippen LogP) is 7.58. The quantitative estimate of drug-likeness (QED) is 0.330. The molecule has 4 aliphatic carbocycles. The number of fused-ring (bicyclic) bond motifs is 4. The van der Waals surface area contributed by atoms with Crippen LogP contribution < -0.4 is 0 Å². The van der Waals surface area contributed by atoms with E-state index in [9.17, 15) is 9.59 Å². The lowest BCUT2D eigenvalue weighted by Crippen LogP contribution is -2.42. The third-order valence-electron chi connectivity index (χ3n) is 12.3. The fraction of sp³-hybridized carbons (Fsp3) is 0.935. The summed E-state index contributed by atoms with van der Waals surface area (Å²) in [5.74, 6) is 2.02. The highest BCUT2D eigenvalue weighted by Gasteiger charge is 2.63. The minimum Gasteiger partial charge on any atom is -0.461 e. The number of carbonyl (C=O) groups excluding carboxylic acids is 2. The molecule has 35 heavy (non-hydrogen) atoms. The van der Waals surface area contributed by atoms with E-state index in [1.807, 2.05) is 20.8 Å². The lowest BCUT2D eigenvalue weighted by atomic mass is 9.70. The maximum atomic E-state index is 13.5. The summed E-state index contributed by atoms with van der Waals surface area (Å²) in [5, 5.41) is 0. The van der Waals surface area contributed by atoms with Crippen molar-refractivity contribution in [3.05, 3.63) is 0 Å². The molecule has 0 N–H and O–H groups in total. The molecule has 4 aliphatic rings. The second kappa shape index (κ2) is 8.48. The second-order valence-electron chi connectivity index (χ2n) is 15.3. The lowest BCUT2D eigenvalue weighted by Gasteiger charge is -2.40. The molecule has 8 atom stereocenters. The van der Waals surface area contributed by atoms with E-state index in [0.29, 0.717) is 48.3 Å². The fourth-order valence-corrected chi connectivity index (χ4v) is 8.57. The van der Waals surface area contributed by atoms with Crippen LogP contribution in [0.1, 0.15) is 121 Å². The van der Waals surface area contributed by atoms with Gasteiger partial charge in [-0.2, -0.15) is 0 Å². The molecule has 0 radical (unpaired) electrons. The van der Waals surface area contributed by atoms with E-state index in [4.69, 9.17) is 9.47 Å². The maximum Gasteiger partial charge on any atom is 0.312 e. The van der Waals surface area contributed by atoms with Crippen LogP contribution in [-0.4, -0.2) is 24.1 Å². The van der Waals surface area contributed by atoms with Gasteiger partial charge in [-0.15, -0.1) is 0 Å². The van der Waals surface area contributed by atoms with Crippen molar-refractivity contribution in [1.29, 1.82) is 0 Å². The lowest BCUT2D eigenvalue weighted by molar-refractivity contribution is -0.172. The molecule has 3 unspecified atom stereocenters. The summed E-state index contributed by atoms with van der Waals surface area (Å²) in [6.45, 7) is 22.1. The summed E-state index contributed by atoms with van der Waals surface area (Å²) in [7, 11) is 0.